The van der Waals surface area contributed by atoms with Gasteiger partial charge in [0.05, 0.1) is 12.2 Å². The van der Waals surface area contributed by atoms with E-state index in [1.165, 1.54) is 37.9 Å². The van der Waals surface area contributed by atoms with Crippen LogP contribution in [0.5, 0.6) is 0 Å². The van der Waals surface area contributed by atoms with Crippen molar-refractivity contribution in [1.82, 2.24) is 19.8 Å². The number of guanidine groups is 1. The van der Waals surface area contributed by atoms with Crippen LogP contribution in [-0.4, -0.2) is 40.5 Å². The Morgan fingerprint density at radius 1 is 1.29 bits per heavy atom. The summed E-state index contributed by atoms with van der Waals surface area (Å²) in [5, 5.41) is 3.52. The highest BCUT2D eigenvalue weighted by atomic mass is 127. The molecule has 1 aromatic rings. The first-order valence-corrected chi connectivity index (χ1v) is 9.20. The van der Waals surface area contributed by atoms with Gasteiger partial charge >= 0.3 is 0 Å². The Morgan fingerprint density at radius 3 is 2.71 bits per heavy atom. The quantitative estimate of drug-likeness (QED) is 0.439. The number of aryl methyl sites for hydroxylation is 2. The summed E-state index contributed by atoms with van der Waals surface area (Å²) in [5.41, 5.74) is 1.62. The van der Waals surface area contributed by atoms with Gasteiger partial charge in [0, 0.05) is 39.3 Å². The number of aliphatic imine (C=N–C) groups is 1. The highest BCUT2D eigenvalue weighted by Crippen LogP contribution is 2.36. The molecule has 6 heteroatoms. The predicted octanol–water partition coefficient (Wildman–Crippen LogP) is 3.42. The summed E-state index contributed by atoms with van der Waals surface area (Å²) in [6, 6.07) is 0. The fourth-order valence-electron chi connectivity index (χ4n) is 4.00. The minimum Gasteiger partial charge on any atom is -0.351 e. The smallest absolute Gasteiger partial charge is 0.193 e. The van der Waals surface area contributed by atoms with Gasteiger partial charge in [-0.3, -0.25) is 4.99 Å². The third-order valence-corrected chi connectivity index (χ3v) is 5.84. The van der Waals surface area contributed by atoms with Crippen molar-refractivity contribution in [1.29, 1.82) is 0 Å². The molecule has 2 aliphatic rings. The monoisotopic (exact) mass is 445 g/mol. The molecule has 0 radical (unpaired) electrons. The lowest BCUT2D eigenvalue weighted by atomic mass is 9.82. The van der Waals surface area contributed by atoms with E-state index in [0.717, 1.165) is 44.3 Å². The summed E-state index contributed by atoms with van der Waals surface area (Å²) in [7, 11) is 1.89. The van der Waals surface area contributed by atoms with Gasteiger partial charge in [-0.15, -0.1) is 24.0 Å². The largest absolute Gasteiger partial charge is 0.351 e. The molecular weight excluding hydrogens is 413 g/mol. The van der Waals surface area contributed by atoms with E-state index >= 15 is 0 Å². The van der Waals surface area contributed by atoms with Gasteiger partial charge in [0.1, 0.15) is 5.82 Å². The Labute approximate surface area is 163 Å². The van der Waals surface area contributed by atoms with Crippen molar-refractivity contribution >= 4 is 29.9 Å². The molecule has 24 heavy (non-hydrogen) atoms. The van der Waals surface area contributed by atoms with Crippen molar-refractivity contribution in [2.75, 3.05) is 20.1 Å². The van der Waals surface area contributed by atoms with E-state index in [9.17, 15) is 0 Å². The number of likely N-dealkylation sites (tertiary alicyclic amines) is 1. The summed E-state index contributed by atoms with van der Waals surface area (Å²) in [5.74, 6) is 2.28. The van der Waals surface area contributed by atoms with Gasteiger partial charge in [-0.1, -0.05) is 13.8 Å². The molecular formula is C18H32IN5. The van der Waals surface area contributed by atoms with Crippen LogP contribution in [0.2, 0.25) is 0 Å². The maximum absolute atomic E-state index is 4.77. The fraction of sp³-hybridized carbons (Fsp3) is 0.778. The third-order valence-electron chi connectivity index (χ3n) is 5.84. The molecule has 0 spiro atoms. The van der Waals surface area contributed by atoms with Crippen LogP contribution >= 0.6 is 24.0 Å². The van der Waals surface area contributed by atoms with E-state index in [2.05, 4.69) is 39.8 Å². The van der Waals surface area contributed by atoms with Crippen LogP contribution in [0.4, 0.5) is 0 Å². The zero-order valence-electron chi connectivity index (χ0n) is 15.3. The molecule has 0 aliphatic carbocycles. The molecule has 1 saturated heterocycles. The number of hydrogen-bond acceptors (Lipinski definition) is 2. The summed E-state index contributed by atoms with van der Waals surface area (Å²) >= 11 is 0. The second kappa shape index (κ2) is 8.54. The SMILES string of the molecule is CCC1(CC)CCN(C(=NC)NCc2cn3c(n2)CCCC3)C1.I. The van der Waals surface area contributed by atoms with Crippen molar-refractivity contribution < 1.29 is 0 Å². The average molecular weight is 445 g/mol. The number of aromatic nitrogens is 2. The first-order chi connectivity index (χ1) is 11.2. The van der Waals surface area contributed by atoms with E-state index in [4.69, 9.17) is 4.98 Å². The molecule has 0 atom stereocenters. The second-order valence-electron chi connectivity index (χ2n) is 7.08. The number of rotatable bonds is 4. The van der Waals surface area contributed by atoms with Crippen LogP contribution in [0.1, 0.15) is 57.5 Å². The van der Waals surface area contributed by atoms with Crippen LogP contribution in [0.3, 0.4) is 0 Å². The lowest BCUT2D eigenvalue weighted by Gasteiger charge is -2.27. The Kier molecular flexibility index (Phi) is 6.95. The van der Waals surface area contributed by atoms with Crippen LogP contribution in [-0.2, 0) is 19.5 Å². The first-order valence-electron chi connectivity index (χ1n) is 9.20. The summed E-state index contributed by atoms with van der Waals surface area (Å²) < 4.78 is 2.32. The fourth-order valence-corrected chi connectivity index (χ4v) is 4.00. The average Bonchev–Trinajstić information content (AvgIpc) is 3.20. The van der Waals surface area contributed by atoms with Crippen molar-refractivity contribution in [3.8, 4) is 0 Å². The molecule has 3 rings (SSSR count). The molecule has 0 amide bonds. The number of nitrogens with one attached hydrogen (secondary N) is 1. The minimum atomic E-state index is 0. The Balaban J connectivity index is 0.00000208. The maximum Gasteiger partial charge on any atom is 0.193 e. The first kappa shape index (κ1) is 19.5. The lowest BCUT2D eigenvalue weighted by Crippen LogP contribution is -2.40. The van der Waals surface area contributed by atoms with Crippen molar-refractivity contribution in [2.24, 2.45) is 10.4 Å². The summed E-state index contributed by atoms with van der Waals surface area (Å²) in [6.45, 7) is 8.77. The number of nitrogens with zero attached hydrogens (tertiary/aromatic N) is 4. The minimum absolute atomic E-state index is 0. The van der Waals surface area contributed by atoms with Gasteiger partial charge in [-0.05, 0) is 37.5 Å². The van der Waals surface area contributed by atoms with Gasteiger partial charge < -0.3 is 14.8 Å². The van der Waals surface area contributed by atoms with E-state index in [0.29, 0.717) is 5.41 Å². The van der Waals surface area contributed by atoms with Crippen molar-refractivity contribution in [3.63, 3.8) is 0 Å². The highest BCUT2D eigenvalue weighted by Gasteiger charge is 2.36. The number of imidazole rings is 1. The number of fused-ring (bicyclic) bond motifs is 1. The third kappa shape index (κ3) is 4.06. The summed E-state index contributed by atoms with van der Waals surface area (Å²) in [4.78, 5) is 11.7. The topological polar surface area (TPSA) is 45.5 Å². The van der Waals surface area contributed by atoms with Gasteiger partial charge in [0.15, 0.2) is 5.96 Å². The van der Waals surface area contributed by atoms with E-state index in [-0.39, 0.29) is 24.0 Å². The van der Waals surface area contributed by atoms with Crippen molar-refractivity contribution in [3.05, 3.63) is 17.7 Å². The lowest BCUT2D eigenvalue weighted by molar-refractivity contribution is 0.276. The van der Waals surface area contributed by atoms with E-state index < -0.39 is 0 Å². The molecule has 0 aromatic carbocycles. The standard InChI is InChI=1S/C18H31N5.HI/c1-4-18(5-2)9-11-23(14-18)17(19-3)20-12-15-13-22-10-7-6-8-16(22)21-15;/h13H,4-12,14H2,1-3H3,(H,19,20);1H. The molecule has 0 saturated carbocycles. The highest BCUT2D eigenvalue weighted by molar-refractivity contribution is 14.0. The molecule has 3 heterocycles. The Bertz CT molecular complexity index is 538. The van der Waals surface area contributed by atoms with E-state index in [1.54, 1.807) is 0 Å². The molecule has 0 unspecified atom stereocenters. The molecule has 1 aromatic heterocycles. The molecule has 5 nitrogen and oxygen atoms in total. The van der Waals surface area contributed by atoms with Gasteiger partial charge in [0.2, 0.25) is 0 Å². The van der Waals surface area contributed by atoms with E-state index in [1.807, 2.05) is 7.05 Å². The van der Waals surface area contributed by atoms with Crippen LogP contribution in [0.15, 0.2) is 11.2 Å². The molecule has 0 bridgehead atoms. The zero-order chi connectivity index (χ0) is 16.3. The number of hydrogen-bond donors (Lipinski definition) is 1. The summed E-state index contributed by atoms with van der Waals surface area (Å²) in [6.07, 6.45) is 9.67. The predicted molar refractivity (Wildman–Crippen MR) is 110 cm³/mol. The zero-order valence-corrected chi connectivity index (χ0v) is 17.7. The Hall–Kier alpha value is -0.790. The van der Waals surface area contributed by atoms with Crippen LogP contribution in [0.25, 0.3) is 0 Å². The molecule has 1 N–H and O–H groups in total. The molecule has 1 fully saturated rings. The Morgan fingerprint density at radius 2 is 2.08 bits per heavy atom. The molecule has 2 aliphatic heterocycles. The number of halogens is 1. The van der Waals surface area contributed by atoms with Crippen molar-refractivity contribution in [2.45, 2.75) is 65.5 Å². The van der Waals surface area contributed by atoms with Gasteiger partial charge in [0.25, 0.3) is 0 Å². The van der Waals surface area contributed by atoms with Gasteiger partial charge in [-0.2, -0.15) is 0 Å². The van der Waals surface area contributed by atoms with Crippen LogP contribution in [0, 0.1) is 5.41 Å². The molecule has 136 valence electrons. The van der Waals surface area contributed by atoms with Gasteiger partial charge in [-0.25, -0.2) is 4.98 Å². The normalized spacial score (nSPS) is 19.8. The maximum atomic E-state index is 4.77. The second-order valence-corrected chi connectivity index (χ2v) is 7.08. The van der Waals surface area contributed by atoms with Crippen LogP contribution < -0.4 is 5.32 Å².